The molecular formula is C23H19FO4. The normalized spacial score (nSPS) is 14.9. The third-order valence-corrected chi connectivity index (χ3v) is 4.43. The highest BCUT2D eigenvalue weighted by molar-refractivity contribution is 5.77. The Morgan fingerprint density at radius 2 is 1.82 bits per heavy atom. The van der Waals surface area contributed by atoms with Crippen LogP contribution in [0.25, 0.3) is 11.1 Å². The van der Waals surface area contributed by atoms with Crippen LogP contribution in [0.1, 0.15) is 18.6 Å². The molecule has 1 atom stereocenters. The van der Waals surface area contributed by atoms with E-state index in [2.05, 4.69) is 0 Å². The molecule has 0 fully saturated rings. The monoisotopic (exact) mass is 378 g/mol. The summed E-state index contributed by atoms with van der Waals surface area (Å²) in [6, 6.07) is 19.4. The van der Waals surface area contributed by atoms with Gasteiger partial charge >= 0.3 is 0 Å². The molecule has 142 valence electrons. The molecule has 0 amide bonds. The number of hydrogen-bond acceptors (Lipinski definition) is 4. The molecule has 0 bridgehead atoms. The Balaban J connectivity index is 1.55. The molecule has 4 nitrogen and oxygen atoms in total. The fraction of sp³-hybridized carbons (Fsp3) is 0.174. The van der Waals surface area contributed by atoms with Gasteiger partial charge in [0.25, 0.3) is 0 Å². The van der Waals surface area contributed by atoms with Crippen LogP contribution in [0.15, 0.2) is 66.7 Å². The summed E-state index contributed by atoms with van der Waals surface area (Å²) in [6.07, 6.45) is -0.286. The predicted octanol–water partition coefficient (Wildman–Crippen LogP) is 4.97. The van der Waals surface area contributed by atoms with E-state index in [1.54, 1.807) is 18.2 Å². The van der Waals surface area contributed by atoms with E-state index in [4.69, 9.17) is 14.2 Å². The van der Waals surface area contributed by atoms with Gasteiger partial charge in [-0.1, -0.05) is 24.3 Å². The van der Waals surface area contributed by atoms with Crippen molar-refractivity contribution in [2.75, 3.05) is 13.2 Å². The summed E-state index contributed by atoms with van der Waals surface area (Å²) in [7, 11) is 0. The molecule has 0 spiro atoms. The number of Topliss-reactive ketones (excluding diaryl/α,β-unsaturated/α-hetero) is 1. The van der Waals surface area contributed by atoms with Crippen molar-refractivity contribution in [3.63, 3.8) is 0 Å². The molecule has 3 aromatic rings. The summed E-state index contributed by atoms with van der Waals surface area (Å²) in [4.78, 5) is 11.1. The van der Waals surface area contributed by atoms with Crippen LogP contribution in [0.3, 0.4) is 0 Å². The van der Waals surface area contributed by atoms with E-state index in [0.29, 0.717) is 18.1 Å². The second kappa shape index (κ2) is 7.72. The first-order valence-corrected chi connectivity index (χ1v) is 9.00. The predicted molar refractivity (Wildman–Crippen MR) is 103 cm³/mol. The maximum atomic E-state index is 13.6. The minimum absolute atomic E-state index is 0.0236. The average Bonchev–Trinajstić information content (AvgIpc) is 3.09. The molecule has 0 saturated carbocycles. The van der Waals surface area contributed by atoms with E-state index in [1.165, 1.54) is 19.1 Å². The van der Waals surface area contributed by atoms with Gasteiger partial charge in [-0.05, 0) is 54.4 Å². The number of halogens is 1. The number of rotatable bonds is 6. The van der Waals surface area contributed by atoms with Crippen LogP contribution in [0.5, 0.6) is 17.2 Å². The van der Waals surface area contributed by atoms with Crippen LogP contribution < -0.4 is 14.2 Å². The summed E-state index contributed by atoms with van der Waals surface area (Å²) >= 11 is 0. The summed E-state index contributed by atoms with van der Waals surface area (Å²) in [6.45, 7) is 1.89. The summed E-state index contributed by atoms with van der Waals surface area (Å²) in [5.41, 5.74) is 2.61. The van der Waals surface area contributed by atoms with Gasteiger partial charge in [0.05, 0.1) is 0 Å². The Bertz CT molecular complexity index is 1010. The number of ether oxygens (including phenoxy) is 3. The topological polar surface area (TPSA) is 44.8 Å². The SMILES string of the molecule is CC(=O)COc1cccc(OC2COc3ccc(-c4cccc(F)c4)cc32)c1. The largest absolute Gasteiger partial charge is 0.489 e. The summed E-state index contributed by atoms with van der Waals surface area (Å²) < 4.78 is 30.8. The van der Waals surface area contributed by atoms with E-state index < -0.39 is 0 Å². The number of carbonyl (C=O) groups excluding carboxylic acids is 1. The van der Waals surface area contributed by atoms with Crippen molar-refractivity contribution in [3.8, 4) is 28.4 Å². The number of carbonyl (C=O) groups is 1. The van der Waals surface area contributed by atoms with Crippen LogP contribution in [0, 0.1) is 5.82 Å². The third kappa shape index (κ3) is 3.98. The van der Waals surface area contributed by atoms with Gasteiger partial charge in [0.1, 0.15) is 36.3 Å². The molecule has 5 heteroatoms. The minimum Gasteiger partial charge on any atom is -0.489 e. The van der Waals surface area contributed by atoms with Crippen molar-refractivity contribution in [3.05, 3.63) is 78.1 Å². The number of fused-ring (bicyclic) bond motifs is 1. The zero-order valence-corrected chi connectivity index (χ0v) is 15.4. The van der Waals surface area contributed by atoms with E-state index in [1.807, 2.05) is 36.4 Å². The smallest absolute Gasteiger partial charge is 0.167 e. The Hall–Kier alpha value is -3.34. The molecule has 3 aromatic carbocycles. The Morgan fingerprint density at radius 3 is 2.64 bits per heavy atom. The molecule has 1 heterocycles. The van der Waals surface area contributed by atoms with Gasteiger partial charge in [0.15, 0.2) is 11.9 Å². The maximum absolute atomic E-state index is 13.6. The van der Waals surface area contributed by atoms with Gasteiger partial charge in [-0.3, -0.25) is 4.79 Å². The van der Waals surface area contributed by atoms with Gasteiger partial charge in [-0.15, -0.1) is 0 Å². The van der Waals surface area contributed by atoms with Crippen molar-refractivity contribution in [1.29, 1.82) is 0 Å². The zero-order valence-electron chi connectivity index (χ0n) is 15.4. The quantitative estimate of drug-likeness (QED) is 0.607. The van der Waals surface area contributed by atoms with E-state index in [0.717, 1.165) is 22.4 Å². The van der Waals surface area contributed by atoms with Crippen LogP contribution >= 0.6 is 0 Å². The highest BCUT2D eigenvalue weighted by Crippen LogP contribution is 2.38. The second-order valence-corrected chi connectivity index (χ2v) is 6.65. The van der Waals surface area contributed by atoms with Gasteiger partial charge < -0.3 is 14.2 Å². The lowest BCUT2D eigenvalue weighted by molar-refractivity contribution is -0.118. The first kappa shape index (κ1) is 18.0. The molecule has 4 rings (SSSR count). The lowest BCUT2D eigenvalue weighted by Crippen LogP contribution is -2.09. The standard InChI is InChI=1S/C23H19FO4/c1-15(25)13-26-19-6-3-7-20(12-19)28-23-14-27-22-9-8-17(11-21(22)23)16-4-2-5-18(24)10-16/h2-12,23H,13-14H2,1H3. The van der Waals surface area contributed by atoms with Gasteiger partial charge in [0.2, 0.25) is 0 Å². The van der Waals surface area contributed by atoms with E-state index in [9.17, 15) is 9.18 Å². The third-order valence-electron chi connectivity index (χ3n) is 4.43. The number of hydrogen-bond donors (Lipinski definition) is 0. The highest BCUT2D eigenvalue weighted by Gasteiger charge is 2.26. The highest BCUT2D eigenvalue weighted by atomic mass is 19.1. The average molecular weight is 378 g/mol. The van der Waals surface area contributed by atoms with E-state index in [-0.39, 0.29) is 24.3 Å². The van der Waals surface area contributed by atoms with Crippen molar-refractivity contribution < 1.29 is 23.4 Å². The van der Waals surface area contributed by atoms with Gasteiger partial charge in [0, 0.05) is 11.6 Å². The van der Waals surface area contributed by atoms with Crippen LogP contribution in [-0.4, -0.2) is 19.0 Å². The maximum Gasteiger partial charge on any atom is 0.167 e. The van der Waals surface area contributed by atoms with Crippen molar-refractivity contribution >= 4 is 5.78 Å². The first-order valence-electron chi connectivity index (χ1n) is 9.00. The lowest BCUT2D eigenvalue weighted by Gasteiger charge is -2.14. The molecule has 0 aromatic heterocycles. The number of ketones is 1. The van der Waals surface area contributed by atoms with Crippen molar-refractivity contribution in [1.82, 2.24) is 0 Å². The zero-order chi connectivity index (χ0) is 19.5. The molecule has 0 radical (unpaired) electrons. The summed E-state index contributed by atoms with van der Waals surface area (Å²) in [5.74, 6) is 1.63. The number of benzene rings is 3. The lowest BCUT2D eigenvalue weighted by atomic mass is 10.0. The molecule has 0 aliphatic carbocycles. The molecular weight excluding hydrogens is 359 g/mol. The minimum atomic E-state index is -0.286. The second-order valence-electron chi connectivity index (χ2n) is 6.65. The molecule has 1 aliphatic rings. The van der Waals surface area contributed by atoms with Gasteiger partial charge in [-0.25, -0.2) is 4.39 Å². The van der Waals surface area contributed by atoms with Gasteiger partial charge in [-0.2, -0.15) is 0 Å². The van der Waals surface area contributed by atoms with Crippen molar-refractivity contribution in [2.24, 2.45) is 0 Å². The summed E-state index contributed by atoms with van der Waals surface area (Å²) in [5, 5.41) is 0. The molecule has 28 heavy (non-hydrogen) atoms. The van der Waals surface area contributed by atoms with E-state index >= 15 is 0 Å². The fourth-order valence-corrected chi connectivity index (χ4v) is 3.12. The van der Waals surface area contributed by atoms with Crippen LogP contribution in [0.2, 0.25) is 0 Å². The Morgan fingerprint density at radius 1 is 1.04 bits per heavy atom. The molecule has 0 saturated heterocycles. The Labute approximate surface area is 162 Å². The van der Waals surface area contributed by atoms with Crippen LogP contribution in [-0.2, 0) is 4.79 Å². The fourth-order valence-electron chi connectivity index (χ4n) is 3.12. The Kier molecular flexibility index (Phi) is 4.98. The molecule has 0 N–H and O–H groups in total. The molecule has 1 unspecified atom stereocenters. The first-order chi connectivity index (χ1) is 13.6. The van der Waals surface area contributed by atoms with Crippen LogP contribution in [0.4, 0.5) is 4.39 Å². The molecule has 1 aliphatic heterocycles. The van der Waals surface area contributed by atoms with Crippen molar-refractivity contribution in [2.45, 2.75) is 13.0 Å².